The second-order valence-corrected chi connectivity index (χ2v) is 4.92. The van der Waals surface area contributed by atoms with E-state index in [4.69, 9.17) is 5.73 Å². The molecule has 0 radical (unpaired) electrons. The summed E-state index contributed by atoms with van der Waals surface area (Å²) in [5.41, 5.74) is 9.14. The van der Waals surface area contributed by atoms with Crippen molar-refractivity contribution in [1.82, 2.24) is 25.2 Å². The number of aromatic nitrogens is 4. The highest BCUT2D eigenvalue weighted by molar-refractivity contribution is 9.10. The van der Waals surface area contributed by atoms with Gasteiger partial charge in [-0.05, 0) is 35.0 Å². The Balaban J connectivity index is 2.06. The summed E-state index contributed by atoms with van der Waals surface area (Å²) in [7, 11) is 0. The summed E-state index contributed by atoms with van der Waals surface area (Å²) >= 11 is 3.41. The van der Waals surface area contributed by atoms with Gasteiger partial charge >= 0.3 is 0 Å². The Morgan fingerprint density at radius 3 is 2.89 bits per heavy atom. The number of nitrogens with one attached hydrogen (secondary N) is 1. The molecule has 0 spiro atoms. The van der Waals surface area contributed by atoms with Crippen LogP contribution in [0.25, 0.3) is 5.95 Å². The molecule has 1 aliphatic heterocycles. The summed E-state index contributed by atoms with van der Waals surface area (Å²) in [6.45, 7) is 2.05. The van der Waals surface area contributed by atoms with Crippen LogP contribution in [-0.4, -0.2) is 25.8 Å². The van der Waals surface area contributed by atoms with E-state index in [1.165, 1.54) is 0 Å². The minimum atomic E-state index is 0.247. The Kier molecular flexibility index (Phi) is 2.96. The smallest absolute Gasteiger partial charge is 0.254 e. The zero-order valence-electron chi connectivity index (χ0n) is 10.2. The molecule has 0 saturated carbocycles. The summed E-state index contributed by atoms with van der Waals surface area (Å²) in [6.07, 6.45) is 7.36. The largest absolute Gasteiger partial charge is 0.383 e. The Labute approximate surface area is 118 Å². The maximum absolute atomic E-state index is 5.91. The molecule has 0 amide bonds. The van der Waals surface area contributed by atoms with E-state index in [0.717, 1.165) is 0 Å². The first-order chi connectivity index (χ1) is 9.15. The van der Waals surface area contributed by atoms with Gasteiger partial charge in [-0.2, -0.15) is 15.1 Å². The van der Waals surface area contributed by atoms with Crippen LogP contribution in [0.15, 0.2) is 35.2 Å². The van der Waals surface area contributed by atoms with E-state index < -0.39 is 0 Å². The first-order valence-corrected chi connectivity index (χ1v) is 6.51. The molecular weight excluding hydrogens is 310 g/mol. The molecule has 0 saturated heterocycles. The zero-order chi connectivity index (χ0) is 13.4. The molecule has 1 aliphatic rings. The van der Waals surface area contributed by atoms with E-state index in [2.05, 4.69) is 36.4 Å². The topological polar surface area (TPSA) is 84.9 Å². The molecule has 7 nitrogen and oxygen atoms in total. The van der Waals surface area contributed by atoms with Gasteiger partial charge in [-0.1, -0.05) is 0 Å². The van der Waals surface area contributed by atoms with Crippen molar-refractivity contribution in [1.29, 1.82) is 0 Å². The van der Waals surface area contributed by atoms with Gasteiger partial charge in [-0.3, -0.25) is 5.01 Å². The molecular formula is C11H12BrN7. The lowest BCUT2D eigenvalue weighted by Gasteiger charge is -2.19. The molecule has 0 bridgehead atoms. The van der Waals surface area contributed by atoms with Crippen LogP contribution in [0.3, 0.4) is 0 Å². The summed E-state index contributed by atoms with van der Waals surface area (Å²) in [5, 5.41) is 5.91. The lowest BCUT2D eigenvalue weighted by molar-refractivity contribution is 0.671. The van der Waals surface area contributed by atoms with Crippen LogP contribution >= 0.6 is 15.9 Å². The molecule has 1 unspecified atom stereocenters. The van der Waals surface area contributed by atoms with Gasteiger partial charge in [0.05, 0.1) is 0 Å². The van der Waals surface area contributed by atoms with Gasteiger partial charge < -0.3 is 5.73 Å². The summed E-state index contributed by atoms with van der Waals surface area (Å²) in [6, 6.07) is 2.05. The van der Waals surface area contributed by atoms with E-state index in [0.29, 0.717) is 22.1 Å². The van der Waals surface area contributed by atoms with Gasteiger partial charge in [0, 0.05) is 24.6 Å². The van der Waals surface area contributed by atoms with Crippen molar-refractivity contribution in [3.63, 3.8) is 0 Å². The van der Waals surface area contributed by atoms with E-state index >= 15 is 0 Å². The first kappa shape index (κ1) is 12.1. The van der Waals surface area contributed by atoms with Crippen LogP contribution in [0.5, 0.6) is 0 Å². The normalized spacial score (nSPS) is 18.2. The molecule has 2 aromatic heterocycles. The predicted octanol–water partition coefficient (Wildman–Crippen LogP) is 1.23. The van der Waals surface area contributed by atoms with Crippen molar-refractivity contribution in [2.45, 2.75) is 13.0 Å². The second kappa shape index (κ2) is 4.63. The molecule has 0 aliphatic carbocycles. The summed E-state index contributed by atoms with van der Waals surface area (Å²) in [4.78, 5) is 8.67. The van der Waals surface area contributed by atoms with Crippen LogP contribution in [0, 0.1) is 0 Å². The van der Waals surface area contributed by atoms with Crippen molar-refractivity contribution >= 4 is 27.6 Å². The molecule has 1 atom stereocenters. The third-order valence-corrected chi connectivity index (χ3v) is 3.41. The summed E-state index contributed by atoms with van der Waals surface area (Å²) in [5.74, 6) is 1.44. The lowest BCUT2D eigenvalue weighted by atomic mass is 10.4. The highest BCUT2D eigenvalue weighted by Gasteiger charge is 2.20. The van der Waals surface area contributed by atoms with E-state index in [1.54, 1.807) is 28.2 Å². The third kappa shape index (κ3) is 2.20. The fourth-order valence-corrected chi connectivity index (χ4v) is 2.11. The average molecular weight is 322 g/mol. The molecule has 3 rings (SSSR count). The van der Waals surface area contributed by atoms with Crippen LogP contribution in [0.1, 0.15) is 6.92 Å². The number of rotatable bonds is 2. The van der Waals surface area contributed by atoms with Gasteiger partial charge in [0.15, 0.2) is 5.82 Å². The third-order valence-electron chi connectivity index (χ3n) is 2.65. The number of hydrazine groups is 1. The average Bonchev–Trinajstić information content (AvgIpc) is 3.03. The standard InChI is InChI=1S/C11H12BrN7/c1-7-3-6-18(17-7)10-8(12)9(13)15-11(16-10)19-5-2-4-14-19/h2-7,17H,1H3,(H2,13,15,16). The Morgan fingerprint density at radius 2 is 2.26 bits per heavy atom. The molecule has 3 heterocycles. The van der Waals surface area contributed by atoms with Crippen LogP contribution in [0.2, 0.25) is 0 Å². The highest BCUT2D eigenvalue weighted by atomic mass is 79.9. The number of halogens is 1. The number of nitrogens with zero attached hydrogens (tertiary/aromatic N) is 5. The molecule has 3 N–H and O–H groups in total. The number of nitrogens with two attached hydrogens (primary N) is 1. The maximum Gasteiger partial charge on any atom is 0.254 e. The molecule has 0 fully saturated rings. The van der Waals surface area contributed by atoms with Gasteiger partial charge in [-0.15, -0.1) is 0 Å². The minimum Gasteiger partial charge on any atom is -0.383 e. The van der Waals surface area contributed by atoms with Crippen LogP contribution < -0.4 is 16.2 Å². The van der Waals surface area contributed by atoms with E-state index in [-0.39, 0.29) is 6.04 Å². The van der Waals surface area contributed by atoms with Gasteiger partial charge in [-0.25, -0.2) is 10.1 Å². The molecule has 19 heavy (non-hydrogen) atoms. The maximum atomic E-state index is 5.91. The van der Waals surface area contributed by atoms with Gasteiger partial charge in [0.25, 0.3) is 5.95 Å². The number of hydrogen-bond donors (Lipinski definition) is 2. The fourth-order valence-electron chi connectivity index (χ4n) is 1.74. The monoisotopic (exact) mass is 321 g/mol. The Morgan fingerprint density at radius 1 is 1.42 bits per heavy atom. The quantitative estimate of drug-likeness (QED) is 0.865. The van der Waals surface area contributed by atoms with Crippen LogP contribution in [-0.2, 0) is 0 Å². The van der Waals surface area contributed by atoms with Crippen molar-refractivity contribution in [3.05, 3.63) is 35.2 Å². The van der Waals surface area contributed by atoms with Crippen molar-refractivity contribution in [3.8, 4) is 5.95 Å². The molecule has 8 heteroatoms. The predicted molar refractivity (Wildman–Crippen MR) is 75.5 cm³/mol. The zero-order valence-corrected chi connectivity index (χ0v) is 11.7. The SMILES string of the molecule is CC1C=CN(c2nc(-n3cccn3)nc(N)c2Br)N1. The number of nitrogen functional groups attached to an aromatic ring is 1. The lowest BCUT2D eigenvalue weighted by Crippen LogP contribution is -2.34. The number of anilines is 2. The van der Waals surface area contributed by atoms with Crippen molar-refractivity contribution in [2.24, 2.45) is 0 Å². The van der Waals surface area contributed by atoms with E-state index in [1.807, 2.05) is 19.2 Å². The molecule has 2 aromatic rings. The van der Waals surface area contributed by atoms with E-state index in [9.17, 15) is 0 Å². The summed E-state index contributed by atoms with van der Waals surface area (Å²) < 4.78 is 2.21. The Bertz CT molecular complexity index is 622. The fraction of sp³-hybridized carbons (Fsp3) is 0.182. The van der Waals surface area contributed by atoms with Gasteiger partial charge in [0.1, 0.15) is 10.3 Å². The van der Waals surface area contributed by atoms with Crippen molar-refractivity contribution < 1.29 is 0 Å². The van der Waals surface area contributed by atoms with Crippen LogP contribution in [0.4, 0.5) is 11.6 Å². The number of hydrogen-bond acceptors (Lipinski definition) is 6. The highest BCUT2D eigenvalue weighted by Crippen LogP contribution is 2.29. The molecule has 0 aromatic carbocycles. The van der Waals surface area contributed by atoms with Gasteiger partial charge in [0.2, 0.25) is 0 Å². The minimum absolute atomic E-state index is 0.247. The molecule has 98 valence electrons. The first-order valence-electron chi connectivity index (χ1n) is 5.72. The van der Waals surface area contributed by atoms with Crippen molar-refractivity contribution in [2.75, 3.05) is 10.7 Å². The Hall–Kier alpha value is -1.93. The second-order valence-electron chi connectivity index (χ2n) is 4.13.